The standard InChI is InChI=1S/C27H32F3NO7/c1-15-2-3-21-19(8-15)20(33)11-22(37-21)24(35)31-26-6-4-25(5-7-26,23(34)13-26)12-16(32)14-36-17-9-18(10-17)38-27(28,29)30/h2-3,8,17-18,22-23,34H,4-7,9-14H2,1H3,(H,31,35)/t17?,18?,22-,23+,25?,26?/m1/s1. The van der Waals surface area contributed by atoms with Crippen LogP contribution < -0.4 is 10.1 Å². The molecule has 0 spiro atoms. The third-order valence-corrected chi connectivity index (χ3v) is 8.63. The van der Waals surface area contributed by atoms with Gasteiger partial charge in [-0.1, -0.05) is 11.6 Å². The zero-order valence-electron chi connectivity index (χ0n) is 21.1. The van der Waals surface area contributed by atoms with Crippen molar-refractivity contribution < 1.29 is 46.9 Å². The summed E-state index contributed by atoms with van der Waals surface area (Å²) < 4.78 is 52.0. The van der Waals surface area contributed by atoms with Crippen LogP contribution in [-0.4, -0.2) is 65.5 Å². The monoisotopic (exact) mass is 539 g/mol. The Kier molecular flexibility index (Phi) is 7.06. The van der Waals surface area contributed by atoms with E-state index in [1.54, 1.807) is 12.1 Å². The molecule has 0 aromatic heterocycles. The van der Waals surface area contributed by atoms with Crippen molar-refractivity contribution in [3.8, 4) is 5.75 Å². The number of carbonyl (C=O) groups excluding carboxylic acids is 3. The van der Waals surface area contributed by atoms with Crippen LogP contribution in [0.2, 0.25) is 0 Å². The molecule has 0 radical (unpaired) electrons. The summed E-state index contributed by atoms with van der Waals surface area (Å²) in [7, 11) is 0. The average molecular weight is 540 g/mol. The van der Waals surface area contributed by atoms with E-state index >= 15 is 0 Å². The molecule has 1 aromatic carbocycles. The maximum Gasteiger partial charge on any atom is 0.522 e. The van der Waals surface area contributed by atoms with Crippen LogP contribution in [0.15, 0.2) is 18.2 Å². The molecule has 4 fully saturated rings. The number of ketones is 2. The summed E-state index contributed by atoms with van der Waals surface area (Å²) in [4.78, 5) is 38.3. The van der Waals surface area contributed by atoms with Crippen LogP contribution in [0.1, 0.15) is 73.7 Å². The van der Waals surface area contributed by atoms with Gasteiger partial charge in [-0.15, -0.1) is 13.2 Å². The van der Waals surface area contributed by atoms with Crippen LogP contribution in [0.4, 0.5) is 13.2 Å². The second kappa shape index (κ2) is 9.91. The van der Waals surface area contributed by atoms with Crippen LogP contribution in [0, 0.1) is 12.3 Å². The van der Waals surface area contributed by atoms with Gasteiger partial charge in [0, 0.05) is 30.2 Å². The number of aryl methyl sites for hydroxylation is 1. The second-order valence-corrected chi connectivity index (χ2v) is 11.4. The summed E-state index contributed by atoms with van der Waals surface area (Å²) in [6, 6.07) is 5.27. The lowest BCUT2D eigenvalue weighted by Crippen LogP contribution is -2.64. The van der Waals surface area contributed by atoms with Crippen LogP contribution in [-0.2, 0) is 19.1 Å². The van der Waals surface area contributed by atoms with Crippen molar-refractivity contribution in [1.29, 1.82) is 0 Å². The highest BCUT2D eigenvalue weighted by atomic mass is 19.4. The number of amides is 1. The first kappa shape index (κ1) is 27.1. The summed E-state index contributed by atoms with van der Waals surface area (Å²) in [5.74, 6) is -0.346. The van der Waals surface area contributed by atoms with Gasteiger partial charge in [0.25, 0.3) is 5.91 Å². The number of hydrogen-bond acceptors (Lipinski definition) is 7. The molecule has 2 atom stereocenters. The van der Waals surface area contributed by atoms with Crippen molar-refractivity contribution in [3.05, 3.63) is 29.3 Å². The third-order valence-electron chi connectivity index (χ3n) is 8.63. The lowest BCUT2D eigenvalue weighted by molar-refractivity contribution is -0.357. The van der Waals surface area contributed by atoms with Gasteiger partial charge in [-0.2, -0.15) is 0 Å². The minimum Gasteiger partial charge on any atom is -0.479 e. The van der Waals surface area contributed by atoms with E-state index < -0.39 is 41.7 Å². The fraction of sp³-hybridized carbons (Fsp3) is 0.667. The van der Waals surface area contributed by atoms with E-state index in [0.29, 0.717) is 43.4 Å². The topological polar surface area (TPSA) is 111 Å². The number of rotatable bonds is 8. The Morgan fingerprint density at radius 1 is 1.16 bits per heavy atom. The lowest BCUT2D eigenvalue weighted by Gasteiger charge is -2.56. The van der Waals surface area contributed by atoms with Crippen molar-refractivity contribution in [1.82, 2.24) is 5.32 Å². The quantitative estimate of drug-likeness (QED) is 0.520. The van der Waals surface area contributed by atoms with Crippen molar-refractivity contribution in [2.24, 2.45) is 5.41 Å². The molecule has 4 saturated carbocycles. The van der Waals surface area contributed by atoms with Gasteiger partial charge < -0.3 is 19.9 Å². The number of carbonyl (C=O) groups is 3. The maximum atomic E-state index is 13.1. The van der Waals surface area contributed by atoms with E-state index in [2.05, 4.69) is 10.1 Å². The number of ether oxygens (including phenoxy) is 3. The maximum absolute atomic E-state index is 13.1. The molecule has 1 aliphatic heterocycles. The highest BCUT2D eigenvalue weighted by Gasteiger charge is 2.55. The number of halogens is 3. The highest BCUT2D eigenvalue weighted by Crippen LogP contribution is 2.54. The van der Waals surface area contributed by atoms with Gasteiger partial charge in [-0.3, -0.25) is 19.1 Å². The van der Waals surface area contributed by atoms with Crippen molar-refractivity contribution in [2.75, 3.05) is 6.61 Å². The second-order valence-electron chi connectivity index (χ2n) is 11.4. The largest absolute Gasteiger partial charge is 0.522 e. The molecule has 0 saturated heterocycles. The SMILES string of the molecule is Cc1ccc2c(c1)C(=O)C[C@H](C(=O)NC13CCC(CC(=O)COC4CC(OC(F)(F)F)C4)(CC1)[C@@H](O)C3)O2. The van der Waals surface area contributed by atoms with Gasteiger partial charge in [0.05, 0.1) is 30.3 Å². The number of nitrogens with one attached hydrogen (secondary N) is 1. The number of aliphatic hydroxyl groups excluding tert-OH is 1. The third kappa shape index (κ3) is 5.60. The summed E-state index contributed by atoms with van der Waals surface area (Å²) in [6.07, 6.45) is -5.03. The zero-order chi connectivity index (χ0) is 27.3. The molecule has 6 rings (SSSR count). The van der Waals surface area contributed by atoms with Crippen molar-refractivity contribution in [2.45, 2.75) is 101 Å². The number of Topliss-reactive ketones (excluding diaryl/α,β-unsaturated/α-hetero) is 2. The number of fused-ring (bicyclic) bond motifs is 4. The number of benzene rings is 1. The predicted octanol–water partition coefficient (Wildman–Crippen LogP) is 3.55. The fourth-order valence-corrected chi connectivity index (χ4v) is 6.34. The Balaban J connectivity index is 1.11. The smallest absolute Gasteiger partial charge is 0.479 e. The Labute approximate surface area is 218 Å². The van der Waals surface area contributed by atoms with Crippen molar-refractivity contribution >= 4 is 17.5 Å². The molecule has 38 heavy (non-hydrogen) atoms. The molecule has 8 nitrogen and oxygen atoms in total. The normalized spacial score (nSPS) is 34.2. The average Bonchev–Trinajstić information content (AvgIpc) is 2.81. The molecular weight excluding hydrogens is 507 g/mol. The van der Waals surface area contributed by atoms with Gasteiger partial charge in [-0.05, 0) is 51.2 Å². The van der Waals surface area contributed by atoms with Gasteiger partial charge in [0.1, 0.15) is 12.4 Å². The minimum absolute atomic E-state index is 0.0522. The molecular formula is C27H32F3NO7. The molecule has 11 heteroatoms. The fourth-order valence-electron chi connectivity index (χ4n) is 6.34. The van der Waals surface area contributed by atoms with Gasteiger partial charge in [-0.25, -0.2) is 0 Å². The molecule has 1 aromatic rings. The molecule has 4 aliphatic carbocycles. The van der Waals surface area contributed by atoms with E-state index in [1.807, 2.05) is 13.0 Å². The highest BCUT2D eigenvalue weighted by molar-refractivity contribution is 6.03. The van der Waals surface area contributed by atoms with Crippen LogP contribution in [0.3, 0.4) is 0 Å². The van der Waals surface area contributed by atoms with E-state index in [0.717, 1.165) is 5.56 Å². The first-order chi connectivity index (χ1) is 17.9. The number of hydrogen-bond donors (Lipinski definition) is 2. The van der Waals surface area contributed by atoms with Crippen LogP contribution >= 0.6 is 0 Å². The molecule has 208 valence electrons. The zero-order valence-corrected chi connectivity index (χ0v) is 21.1. The summed E-state index contributed by atoms with van der Waals surface area (Å²) in [6.45, 7) is 1.66. The Morgan fingerprint density at radius 3 is 2.53 bits per heavy atom. The Bertz CT molecular complexity index is 1110. The summed E-state index contributed by atoms with van der Waals surface area (Å²) in [5.41, 5.74) is 0.171. The molecule has 2 bridgehead atoms. The lowest BCUT2D eigenvalue weighted by atomic mass is 9.54. The van der Waals surface area contributed by atoms with E-state index in [1.165, 1.54) is 0 Å². The minimum atomic E-state index is -4.68. The summed E-state index contributed by atoms with van der Waals surface area (Å²) in [5, 5.41) is 14.1. The van der Waals surface area contributed by atoms with Crippen molar-refractivity contribution in [3.63, 3.8) is 0 Å². The number of aliphatic hydroxyl groups is 1. The first-order valence-corrected chi connectivity index (χ1v) is 13.0. The molecule has 1 heterocycles. The summed E-state index contributed by atoms with van der Waals surface area (Å²) >= 11 is 0. The van der Waals surface area contributed by atoms with E-state index in [9.17, 15) is 32.7 Å². The first-order valence-electron chi connectivity index (χ1n) is 13.0. The van der Waals surface area contributed by atoms with Gasteiger partial charge >= 0.3 is 6.36 Å². The molecule has 1 amide bonds. The molecule has 2 N–H and O–H groups in total. The van der Waals surface area contributed by atoms with E-state index in [4.69, 9.17) is 9.47 Å². The molecule has 0 unspecified atom stereocenters. The van der Waals surface area contributed by atoms with Gasteiger partial charge in [0.2, 0.25) is 0 Å². The van der Waals surface area contributed by atoms with Gasteiger partial charge in [0.15, 0.2) is 17.7 Å². The number of alkyl halides is 3. The van der Waals surface area contributed by atoms with Crippen LogP contribution in [0.5, 0.6) is 5.75 Å². The van der Waals surface area contributed by atoms with E-state index in [-0.39, 0.29) is 49.8 Å². The van der Waals surface area contributed by atoms with Crippen LogP contribution in [0.25, 0.3) is 0 Å². The Hall–Kier alpha value is -2.50. The Morgan fingerprint density at radius 2 is 1.87 bits per heavy atom. The molecule has 5 aliphatic rings. The predicted molar refractivity (Wildman–Crippen MR) is 126 cm³/mol.